The molecule has 0 atom stereocenters. The lowest BCUT2D eigenvalue weighted by atomic mass is 10.1. The van der Waals surface area contributed by atoms with Gasteiger partial charge in [-0.3, -0.25) is 0 Å². The summed E-state index contributed by atoms with van der Waals surface area (Å²) in [5, 5.41) is 6.53. The number of methoxy groups -OCH3 is 1. The van der Waals surface area contributed by atoms with Gasteiger partial charge in [0, 0.05) is 31.1 Å². The van der Waals surface area contributed by atoms with Gasteiger partial charge in [0.1, 0.15) is 5.01 Å². The van der Waals surface area contributed by atoms with Crippen molar-refractivity contribution in [1.29, 1.82) is 0 Å². The van der Waals surface area contributed by atoms with Gasteiger partial charge in [-0.25, -0.2) is 4.98 Å². The minimum absolute atomic E-state index is 0.289. The highest BCUT2D eigenvalue weighted by Crippen LogP contribution is 2.36. The number of ether oxygens (including phenoxy) is 3. The molecule has 6 heteroatoms. The van der Waals surface area contributed by atoms with Crippen LogP contribution in [0.1, 0.15) is 16.8 Å². The fourth-order valence-corrected chi connectivity index (χ4v) is 3.70. The summed E-state index contributed by atoms with van der Waals surface area (Å²) >= 11 is 1.64. The topological polar surface area (TPSA) is 52.6 Å². The van der Waals surface area contributed by atoms with Gasteiger partial charge in [0.05, 0.1) is 12.3 Å². The molecule has 1 aliphatic heterocycles. The van der Waals surface area contributed by atoms with Crippen LogP contribution in [0.25, 0.3) is 10.6 Å². The Kier molecular flexibility index (Phi) is 5.15. The van der Waals surface area contributed by atoms with Crippen molar-refractivity contribution in [3.05, 3.63) is 64.7 Å². The predicted molar refractivity (Wildman–Crippen MR) is 101 cm³/mol. The van der Waals surface area contributed by atoms with Crippen LogP contribution in [0, 0.1) is 0 Å². The summed E-state index contributed by atoms with van der Waals surface area (Å²) in [5.41, 5.74) is 4.52. The highest BCUT2D eigenvalue weighted by atomic mass is 32.1. The SMILES string of the molecule is COCc1cccc(CNCc2csc(-c3ccc4c(c3)OCO4)n2)c1. The van der Waals surface area contributed by atoms with Crippen LogP contribution < -0.4 is 14.8 Å². The van der Waals surface area contributed by atoms with Crippen LogP contribution in [0.3, 0.4) is 0 Å². The van der Waals surface area contributed by atoms with E-state index in [4.69, 9.17) is 19.2 Å². The van der Waals surface area contributed by atoms with Crippen LogP contribution >= 0.6 is 11.3 Å². The summed E-state index contributed by atoms with van der Waals surface area (Å²) in [7, 11) is 1.71. The van der Waals surface area contributed by atoms with Gasteiger partial charge in [-0.2, -0.15) is 0 Å². The molecule has 0 spiro atoms. The third-order valence-corrected chi connectivity index (χ3v) is 5.05. The minimum Gasteiger partial charge on any atom is -0.454 e. The van der Waals surface area contributed by atoms with Crippen LogP contribution in [0.4, 0.5) is 0 Å². The zero-order valence-electron chi connectivity index (χ0n) is 14.5. The first-order valence-electron chi connectivity index (χ1n) is 8.44. The molecule has 3 aromatic rings. The first kappa shape index (κ1) is 17.0. The Labute approximate surface area is 156 Å². The molecule has 0 bridgehead atoms. The monoisotopic (exact) mass is 368 g/mol. The molecule has 5 nitrogen and oxygen atoms in total. The van der Waals surface area contributed by atoms with E-state index >= 15 is 0 Å². The molecule has 0 unspecified atom stereocenters. The van der Waals surface area contributed by atoms with E-state index in [2.05, 4.69) is 35.0 Å². The molecule has 0 amide bonds. The minimum atomic E-state index is 0.289. The van der Waals surface area contributed by atoms with Gasteiger partial charge >= 0.3 is 0 Å². The maximum atomic E-state index is 5.44. The predicted octanol–water partition coefficient (Wildman–Crippen LogP) is 3.98. The molecule has 0 saturated heterocycles. The average molecular weight is 368 g/mol. The van der Waals surface area contributed by atoms with Gasteiger partial charge in [0.2, 0.25) is 6.79 Å². The molecular weight excluding hydrogens is 348 g/mol. The van der Waals surface area contributed by atoms with E-state index < -0.39 is 0 Å². The molecule has 0 fully saturated rings. The van der Waals surface area contributed by atoms with Crippen molar-refractivity contribution in [2.75, 3.05) is 13.9 Å². The molecule has 1 aliphatic rings. The van der Waals surface area contributed by atoms with Gasteiger partial charge < -0.3 is 19.5 Å². The largest absolute Gasteiger partial charge is 0.454 e. The molecular formula is C20H20N2O3S. The average Bonchev–Trinajstić information content (AvgIpc) is 3.31. The summed E-state index contributed by atoms with van der Waals surface area (Å²) in [6.07, 6.45) is 0. The van der Waals surface area contributed by atoms with Crippen molar-refractivity contribution in [2.45, 2.75) is 19.7 Å². The lowest BCUT2D eigenvalue weighted by molar-refractivity contribution is 0.174. The van der Waals surface area contributed by atoms with Crippen molar-refractivity contribution in [1.82, 2.24) is 10.3 Å². The number of thiazole rings is 1. The highest BCUT2D eigenvalue weighted by Gasteiger charge is 2.15. The van der Waals surface area contributed by atoms with Crippen LogP contribution in [-0.2, 0) is 24.4 Å². The maximum absolute atomic E-state index is 5.44. The van der Waals surface area contributed by atoms with Crippen LogP contribution in [0.15, 0.2) is 47.8 Å². The number of aromatic nitrogens is 1. The van der Waals surface area contributed by atoms with Crippen molar-refractivity contribution in [3.8, 4) is 22.1 Å². The standard InChI is InChI=1S/C20H20N2O3S/c1-23-11-15-4-2-3-14(7-15)9-21-10-17-12-26-20(22-17)16-5-6-18-19(8-16)25-13-24-18/h2-8,12,21H,9-11,13H2,1H3. The van der Waals surface area contributed by atoms with E-state index in [1.165, 1.54) is 11.1 Å². The van der Waals surface area contributed by atoms with E-state index in [9.17, 15) is 0 Å². The molecule has 0 radical (unpaired) electrons. The van der Waals surface area contributed by atoms with Gasteiger partial charge in [-0.05, 0) is 29.3 Å². The molecule has 2 heterocycles. The second-order valence-corrected chi connectivity index (χ2v) is 6.93. The third-order valence-electron chi connectivity index (χ3n) is 4.11. The summed E-state index contributed by atoms with van der Waals surface area (Å²) in [6, 6.07) is 14.4. The fourth-order valence-electron chi connectivity index (χ4n) is 2.88. The van der Waals surface area contributed by atoms with Crippen LogP contribution in [0.2, 0.25) is 0 Å². The van der Waals surface area contributed by atoms with Crippen molar-refractivity contribution in [3.63, 3.8) is 0 Å². The second-order valence-electron chi connectivity index (χ2n) is 6.07. The first-order chi connectivity index (χ1) is 12.8. The van der Waals surface area contributed by atoms with Gasteiger partial charge in [0.25, 0.3) is 0 Å². The van der Waals surface area contributed by atoms with Crippen LogP contribution in [-0.4, -0.2) is 18.9 Å². The normalized spacial score (nSPS) is 12.5. The Balaban J connectivity index is 1.36. The van der Waals surface area contributed by atoms with Crippen molar-refractivity contribution < 1.29 is 14.2 Å². The number of rotatable bonds is 7. The number of hydrogen-bond acceptors (Lipinski definition) is 6. The molecule has 26 heavy (non-hydrogen) atoms. The smallest absolute Gasteiger partial charge is 0.231 e. The van der Waals surface area contributed by atoms with E-state index in [1.54, 1.807) is 18.4 Å². The Bertz CT molecular complexity index is 894. The Morgan fingerprint density at radius 3 is 2.88 bits per heavy atom. The first-order valence-corrected chi connectivity index (χ1v) is 9.32. The molecule has 1 N–H and O–H groups in total. The molecule has 4 rings (SSSR count). The summed E-state index contributed by atoms with van der Waals surface area (Å²) < 4.78 is 16.0. The summed E-state index contributed by atoms with van der Waals surface area (Å²) in [5.74, 6) is 1.58. The summed E-state index contributed by atoms with van der Waals surface area (Å²) in [6.45, 7) is 2.46. The Morgan fingerprint density at radius 2 is 1.96 bits per heavy atom. The Hall–Kier alpha value is -2.41. The maximum Gasteiger partial charge on any atom is 0.231 e. The molecule has 0 aliphatic carbocycles. The second kappa shape index (κ2) is 7.86. The highest BCUT2D eigenvalue weighted by molar-refractivity contribution is 7.13. The van der Waals surface area contributed by atoms with E-state index in [-0.39, 0.29) is 6.79 Å². The zero-order valence-corrected chi connectivity index (χ0v) is 15.3. The van der Waals surface area contributed by atoms with E-state index in [0.29, 0.717) is 6.61 Å². The summed E-state index contributed by atoms with van der Waals surface area (Å²) in [4.78, 5) is 4.72. The van der Waals surface area contributed by atoms with Gasteiger partial charge in [-0.15, -0.1) is 11.3 Å². The molecule has 2 aromatic carbocycles. The zero-order chi connectivity index (χ0) is 17.8. The lowest BCUT2D eigenvalue weighted by Gasteiger charge is -2.06. The molecule has 0 saturated carbocycles. The number of nitrogens with zero attached hydrogens (tertiary/aromatic N) is 1. The van der Waals surface area contributed by atoms with Crippen LogP contribution in [0.5, 0.6) is 11.5 Å². The van der Waals surface area contributed by atoms with Crippen molar-refractivity contribution >= 4 is 11.3 Å². The van der Waals surface area contributed by atoms with Gasteiger partial charge in [0.15, 0.2) is 11.5 Å². The van der Waals surface area contributed by atoms with Crippen molar-refractivity contribution in [2.24, 2.45) is 0 Å². The number of hydrogen-bond donors (Lipinski definition) is 1. The quantitative estimate of drug-likeness (QED) is 0.684. The fraction of sp³-hybridized carbons (Fsp3) is 0.250. The molecule has 134 valence electrons. The van der Waals surface area contributed by atoms with Gasteiger partial charge in [-0.1, -0.05) is 24.3 Å². The number of nitrogens with one attached hydrogen (secondary N) is 1. The van der Waals surface area contributed by atoms with E-state index in [1.807, 2.05) is 18.2 Å². The molecule has 1 aromatic heterocycles. The van der Waals surface area contributed by atoms with E-state index in [0.717, 1.165) is 40.9 Å². The number of benzene rings is 2. The third kappa shape index (κ3) is 3.88. The number of fused-ring (bicyclic) bond motifs is 1. The Morgan fingerprint density at radius 1 is 1.08 bits per heavy atom. The lowest BCUT2D eigenvalue weighted by Crippen LogP contribution is -2.13.